The monoisotopic (exact) mass is 316 g/mol. The van der Waals surface area contributed by atoms with E-state index in [1.54, 1.807) is 0 Å². The van der Waals surface area contributed by atoms with Gasteiger partial charge in [0, 0.05) is 5.30 Å². The molecule has 1 unspecified atom stereocenters. The molecule has 2 rings (SSSR count). The molecule has 0 amide bonds. The number of hydrogen-bond acceptors (Lipinski definition) is 2. The van der Waals surface area contributed by atoms with Crippen molar-refractivity contribution in [1.82, 2.24) is 0 Å². The molecule has 0 spiro atoms. The molecule has 0 radical (unpaired) electrons. The summed E-state index contributed by atoms with van der Waals surface area (Å²) in [6, 6.07) is 18.5. The quantitative estimate of drug-likeness (QED) is 0.662. The molecule has 0 aromatic heterocycles. The molecule has 2 aromatic carbocycles. The Hall–Kier alpha value is -1.37. The highest BCUT2D eigenvalue weighted by atomic mass is 31.2. The lowest BCUT2D eigenvalue weighted by molar-refractivity contribution is 0.319. The van der Waals surface area contributed by atoms with Crippen molar-refractivity contribution in [3.8, 4) is 5.75 Å². The smallest absolute Gasteiger partial charge is 0.265 e. The zero-order valence-corrected chi connectivity index (χ0v) is 14.8. The number of benzene rings is 2. The Balaban J connectivity index is 2.28. The Bertz CT molecular complexity index is 575. The van der Waals surface area contributed by atoms with Gasteiger partial charge in [0.05, 0.1) is 6.61 Å². The predicted molar refractivity (Wildman–Crippen MR) is 95.0 cm³/mol. The molecule has 2 aromatic rings. The van der Waals surface area contributed by atoms with E-state index >= 15 is 0 Å². The van der Waals surface area contributed by atoms with E-state index in [4.69, 9.17) is 9.05 Å². The van der Waals surface area contributed by atoms with Gasteiger partial charge >= 0.3 is 0 Å². The van der Waals surface area contributed by atoms with E-state index in [-0.39, 0.29) is 5.41 Å². The van der Waals surface area contributed by atoms with Crippen LogP contribution in [0, 0.1) is 0 Å². The van der Waals surface area contributed by atoms with Gasteiger partial charge in [-0.05, 0) is 35.6 Å². The van der Waals surface area contributed by atoms with E-state index in [9.17, 15) is 0 Å². The van der Waals surface area contributed by atoms with Crippen molar-refractivity contribution in [2.75, 3.05) is 6.61 Å². The average Bonchev–Trinajstić information content (AvgIpc) is 2.51. The molecular formula is C19H25O2P. The van der Waals surface area contributed by atoms with Crippen LogP contribution in [-0.4, -0.2) is 6.61 Å². The first-order chi connectivity index (χ1) is 10.5. The third-order valence-corrected chi connectivity index (χ3v) is 4.76. The number of hydrogen-bond donors (Lipinski definition) is 0. The molecule has 3 heteroatoms. The molecule has 1 atom stereocenters. The fourth-order valence-corrected chi connectivity index (χ4v) is 3.54. The molecule has 0 aliphatic heterocycles. The minimum Gasteiger partial charge on any atom is -0.444 e. The Morgan fingerprint density at radius 2 is 1.55 bits per heavy atom. The van der Waals surface area contributed by atoms with Crippen molar-refractivity contribution in [2.45, 2.75) is 39.5 Å². The van der Waals surface area contributed by atoms with Crippen LogP contribution >= 0.6 is 8.38 Å². The topological polar surface area (TPSA) is 18.5 Å². The molecule has 118 valence electrons. The summed E-state index contributed by atoms with van der Waals surface area (Å²) < 4.78 is 12.3. The Kier molecular flexibility index (Phi) is 5.99. The number of rotatable bonds is 6. The van der Waals surface area contributed by atoms with Crippen LogP contribution in [0.3, 0.4) is 0 Å². The second-order valence-corrected chi connectivity index (χ2v) is 7.73. The summed E-state index contributed by atoms with van der Waals surface area (Å²) in [6.07, 6.45) is 0.982. The first-order valence-corrected chi connectivity index (χ1v) is 8.95. The van der Waals surface area contributed by atoms with Crippen LogP contribution < -0.4 is 9.83 Å². The standard InChI is InChI=1S/C19H25O2P/c1-5-15-20-22(16-11-7-6-8-12-16)21-18-14-10-9-13-17(18)19(2,3)4/h6-14H,5,15H2,1-4H3. The SMILES string of the molecule is CCCOP(Oc1ccccc1C(C)(C)C)c1ccccc1. The predicted octanol–water partition coefficient (Wildman–Crippen LogP) is 5.43. The van der Waals surface area contributed by atoms with Gasteiger partial charge in [-0.25, -0.2) is 0 Å². The molecule has 22 heavy (non-hydrogen) atoms. The summed E-state index contributed by atoms with van der Waals surface area (Å²) in [5, 5.41) is 1.11. The second-order valence-electron chi connectivity index (χ2n) is 6.26. The molecule has 2 nitrogen and oxygen atoms in total. The fourth-order valence-electron chi connectivity index (χ4n) is 2.13. The van der Waals surface area contributed by atoms with Crippen molar-refractivity contribution in [3.63, 3.8) is 0 Å². The number of para-hydroxylation sites is 1. The highest BCUT2D eigenvalue weighted by Crippen LogP contribution is 2.42. The van der Waals surface area contributed by atoms with Crippen molar-refractivity contribution in [2.24, 2.45) is 0 Å². The highest BCUT2D eigenvalue weighted by Gasteiger charge is 2.22. The maximum atomic E-state index is 6.30. The zero-order chi connectivity index (χ0) is 16.0. The van der Waals surface area contributed by atoms with Gasteiger partial charge in [-0.2, -0.15) is 0 Å². The van der Waals surface area contributed by atoms with Gasteiger partial charge in [-0.1, -0.05) is 64.1 Å². The van der Waals surface area contributed by atoms with Crippen LogP contribution in [0.1, 0.15) is 39.7 Å². The largest absolute Gasteiger partial charge is 0.444 e. The van der Waals surface area contributed by atoms with Crippen molar-refractivity contribution >= 4 is 13.7 Å². The molecule has 0 aliphatic carbocycles. The fraction of sp³-hybridized carbons (Fsp3) is 0.368. The van der Waals surface area contributed by atoms with Gasteiger partial charge < -0.3 is 9.05 Å². The molecule has 0 saturated heterocycles. The van der Waals surface area contributed by atoms with Crippen LogP contribution in [0.15, 0.2) is 54.6 Å². The summed E-state index contributed by atoms with van der Waals surface area (Å²) in [7, 11) is -1.10. The van der Waals surface area contributed by atoms with E-state index in [0.717, 1.165) is 17.5 Å². The highest BCUT2D eigenvalue weighted by molar-refractivity contribution is 7.56. The lowest BCUT2D eigenvalue weighted by Crippen LogP contribution is -2.14. The molecule has 0 aliphatic rings. The summed E-state index contributed by atoms with van der Waals surface area (Å²) in [6.45, 7) is 9.42. The molecular weight excluding hydrogens is 291 g/mol. The van der Waals surface area contributed by atoms with E-state index in [0.29, 0.717) is 6.61 Å². The minimum absolute atomic E-state index is 0.0407. The van der Waals surface area contributed by atoms with Gasteiger partial charge in [0.25, 0.3) is 8.38 Å². The van der Waals surface area contributed by atoms with Gasteiger partial charge in [0.1, 0.15) is 5.75 Å². The van der Waals surface area contributed by atoms with Crippen LogP contribution in [0.5, 0.6) is 5.75 Å². The molecule has 0 saturated carbocycles. The van der Waals surface area contributed by atoms with Crippen LogP contribution in [0.4, 0.5) is 0 Å². The maximum Gasteiger partial charge on any atom is 0.265 e. The third kappa shape index (κ3) is 4.56. The van der Waals surface area contributed by atoms with Crippen LogP contribution in [0.25, 0.3) is 0 Å². The Morgan fingerprint density at radius 3 is 2.18 bits per heavy atom. The molecule has 0 heterocycles. The van der Waals surface area contributed by atoms with E-state index in [2.05, 4.69) is 52.0 Å². The van der Waals surface area contributed by atoms with E-state index in [1.165, 1.54) is 5.56 Å². The van der Waals surface area contributed by atoms with Crippen LogP contribution in [-0.2, 0) is 9.94 Å². The average molecular weight is 316 g/mol. The molecule has 0 fully saturated rings. The Labute approximate surface area is 135 Å². The summed E-state index contributed by atoms with van der Waals surface area (Å²) in [5.41, 5.74) is 1.25. The summed E-state index contributed by atoms with van der Waals surface area (Å²) in [5.74, 6) is 0.918. The molecule has 0 N–H and O–H groups in total. The van der Waals surface area contributed by atoms with E-state index < -0.39 is 8.38 Å². The van der Waals surface area contributed by atoms with Gasteiger partial charge in [-0.15, -0.1) is 0 Å². The first kappa shape index (κ1) is 17.0. The normalized spacial score (nSPS) is 12.9. The Morgan fingerprint density at radius 1 is 0.909 bits per heavy atom. The molecule has 0 bridgehead atoms. The maximum absolute atomic E-state index is 6.30. The second kappa shape index (κ2) is 7.76. The lowest BCUT2D eigenvalue weighted by atomic mass is 9.86. The first-order valence-electron chi connectivity index (χ1n) is 7.78. The van der Waals surface area contributed by atoms with Gasteiger partial charge in [-0.3, -0.25) is 0 Å². The summed E-state index contributed by atoms with van der Waals surface area (Å²) in [4.78, 5) is 0. The zero-order valence-electron chi connectivity index (χ0n) is 13.9. The van der Waals surface area contributed by atoms with Crippen molar-refractivity contribution in [1.29, 1.82) is 0 Å². The van der Waals surface area contributed by atoms with Gasteiger partial charge in [0.15, 0.2) is 0 Å². The van der Waals surface area contributed by atoms with Crippen molar-refractivity contribution in [3.05, 3.63) is 60.2 Å². The van der Waals surface area contributed by atoms with Gasteiger partial charge in [0.2, 0.25) is 0 Å². The third-order valence-electron chi connectivity index (χ3n) is 3.26. The van der Waals surface area contributed by atoms with E-state index in [1.807, 2.05) is 30.3 Å². The lowest BCUT2D eigenvalue weighted by Gasteiger charge is -2.25. The minimum atomic E-state index is -1.10. The van der Waals surface area contributed by atoms with Crippen LogP contribution in [0.2, 0.25) is 0 Å². The van der Waals surface area contributed by atoms with Crippen molar-refractivity contribution < 1.29 is 9.05 Å². The summed E-state index contributed by atoms with van der Waals surface area (Å²) >= 11 is 0.